The number of anilines is 1. The number of amidine groups is 1. The summed E-state index contributed by atoms with van der Waals surface area (Å²) in [5.41, 5.74) is 3.13. The number of rotatable bonds is 4. The second-order valence-electron chi connectivity index (χ2n) is 6.25. The molecule has 1 N–H and O–H groups in total. The Morgan fingerprint density at radius 2 is 2.00 bits per heavy atom. The quantitative estimate of drug-likeness (QED) is 0.802. The van der Waals surface area contributed by atoms with Gasteiger partial charge in [0.15, 0.2) is 5.17 Å². The maximum atomic E-state index is 12.3. The lowest BCUT2D eigenvalue weighted by atomic mass is 10.0. The van der Waals surface area contributed by atoms with Gasteiger partial charge in [-0.3, -0.25) is 4.79 Å². The summed E-state index contributed by atoms with van der Waals surface area (Å²) in [6.07, 6.45) is 2.71. The van der Waals surface area contributed by atoms with Gasteiger partial charge in [-0.05, 0) is 30.3 Å². The van der Waals surface area contributed by atoms with Gasteiger partial charge in [0, 0.05) is 23.9 Å². The molecule has 0 radical (unpaired) electrons. The topological polar surface area (TPSA) is 83.4 Å². The molecule has 4 rings (SSSR count). The average Bonchev–Trinajstić information content (AvgIpc) is 3.22. The van der Waals surface area contributed by atoms with Crippen LogP contribution < -0.4 is 5.32 Å². The third-order valence-corrected chi connectivity index (χ3v) is 5.40. The number of hydrogen-bond acceptors (Lipinski definition) is 7. The van der Waals surface area contributed by atoms with Gasteiger partial charge in [-0.25, -0.2) is 14.8 Å². The van der Waals surface area contributed by atoms with Crippen LogP contribution in [0.25, 0.3) is 0 Å². The van der Waals surface area contributed by atoms with Crippen LogP contribution in [0.2, 0.25) is 0 Å². The highest BCUT2D eigenvalue weighted by molar-refractivity contribution is 8.14. The zero-order valence-corrected chi connectivity index (χ0v) is 16.0. The molecule has 28 heavy (non-hydrogen) atoms. The number of esters is 1. The van der Waals surface area contributed by atoms with Gasteiger partial charge >= 0.3 is 5.97 Å². The molecule has 0 saturated carbocycles. The lowest BCUT2D eigenvalue weighted by molar-refractivity contribution is -0.113. The maximum absolute atomic E-state index is 12.3. The summed E-state index contributed by atoms with van der Waals surface area (Å²) in [7, 11) is 1.33. The summed E-state index contributed by atoms with van der Waals surface area (Å²) in [5.74, 6) is -0.361. The van der Waals surface area contributed by atoms with Crippen LogP contribution in [0.4, 0.5) is 11.4 Å². The van der Waals surface area contributed by atoms with E-state index in [0.717, 1.165) is 17.7 Å². The summed E-state index contributed by atoms with van der Waals surface area (Å²) in [5, 5.41) is 9.83. The van der Waals surface area contributed by atoms with Gasteiger partial charge in [0.05, 0.1) is 30.2 Å². The van der Waals surface area contributed by atoms with Crippen LogP contribution in [-0.4, -0.2) is 41.1 Å². The lowest BCUT2D eigenvalue weighted by Gasteiger charge is -2.29. The SMILES string of the molecule is COC(=O)c1ccc(NC(=O)CSC2=Nc3ccccc3[C@H]3CC=NN23)cc1. The van der Waals surface area contributed by atoms with Gasteiger partial charge in [-0.2, -0.15) is 5.10 Å². The number of fused-ring (bicyclic) bond motifs is 3. The number of benzene rings is 2. The van der Waals surface area contributed by atoms with E-state index in [0.29, 0.717) is 16.4 Å². The van der Waals surface area contributed by atoms with Crippen LogP contribution in [0.1, 0.15) is 28.4 Å². The fourth-order valence-corrected chi connectivity index (χ4v) is 3.92. The van der Waals surface area contributed by atoms with Crippen molar-refractivity contribution < 1.29 is 14.3 Å². The Bertz CT molecular complexity index is 972. The van der Waals surface area contributed by atoms with E-state index in [1.165, 1.54) is 18.9 Å². The number of carbonyl (C=O) groups is 2. The van der Waals surface area contributed by atoms with Crippen LogP contribution in [0.5, 0.6) is 0 Å². The van der Waals surface area contributed by atoms with Crippen molar-refractivity contribution in [3.05, 3.63) is 59.7 Å². The second-order valence-corrected chi connectivity index (χ2v) is 7.20. The van der Waals surface area contributed by atoms with E-state index < -0.39 is 5.97 Å². The number of para-hydroxylation sites is 1. The predicted molar refractivity (Wildman–Crippen MR) is 110 cm³/mol. The molecule has 2 heterocycles. The van der Waals surface area contributed by atoms with Crippen LogP contribution in [0, 0.1) is 0 Å². The van der Waals surface area contributed by atoms with E-state index in [9.17, 15) is 9.59 Å². The van der Waals surface area contributed by atoms with Gasteiger partial charge in [-0.1, -0.05) is 30.0 Å². The Morgan fingerprint density at radius 3 is 2.79 bits per heavy atom. The predicted octanol–water partition coefficient (Wildman–Crippen LogP) is 3.58. The molecule has 2 aliphatic heterocycles. The van der Waals surface area contributed by atoms with E-state index in [1.807, 2.05) is 29.4 Å². The highest BCUT2D eigenvalue weighted by atomic mass is 32.2. The monoisotopic (exact) mass is 394 g/mol. The van der Waals surface area contributed by atoms with Crippen molar-refractivity contribution in [2.24, 2.45) is 10.1 Å². The van der Waals surface area contributed by atoms with E-state index >= 15 is 0 Å². The van der Waals surface area contributed by atoms with Crippen molar-refractivity contribution in [3.63, 3.8) is 0 Å². The molecule has 8 heteroatoms. The summed E-state index contributed by atoms with van der Waals surface area (Å²) in [6, 6.07) is 14.7. The molecule has 2 aromatic rings. The zero-order valence-electron chi connectivity index (χ0n) is 15.2. The number of carbonyl (C=O) groups excluding carboxylic acids is 2. The molecule has 0 saturated heterocycles. The first-order valence-electron chi connectivity index (χ1n) is 8.76. The van der Waals surface area contributed by atoms with E-state index in [4.69, 9.17) is 0 Å². The Labute approximate surface area is 166 Å². The van der Waals surface area contributed by atoms with Gasteiger partial charge in [0.25, 0.3) is 0 Å². The Hall–Kier alpha value is -3.13. The summed E-state index contributed by atoms with van der Waals surface area (Å²) in [4.78, 5) is 28.5. The zero-order chi connectivity index (χ0) is 19.5. The molecule has 7 nitrogen and oxygen atoms in total. The van der Waals surface area contributed by atoms with Crippen molar-refractivity contribution in [3.8, 4) is 0 Å². The first-order chi connectivity index (χ1) is 13.7. The second kappa shape index (κ2) is 7.85. The first kappa shape index (κ1) is 18.2. The fourth-order valence-electron chi connectivity index (χ4n) is 3.12. The van der Waals surface area contributed by atoms with Crippen molar-refractivity contribution in [2.45, 2.75) is 12.5 Å². The number of nitrogens with one attached hydrogen (secondary N) is 1. The summed E-state index contributed by atoms with van der Waals surface area (Å²) in [6.45, 7) is 0. The number of hydrogen-bond donors (Lipinski definition) is 1. The van der Waals surface area contributed by atoms with Crippen molar-refractivity contribution in [1.29, 1.82) is 0 Å². The molecule has 0 aromatic heterocycles. The van der Waals surface area contributed by atoms with Crippen molar-refractivity contribution in [2.75, 3.05) is 18.2 Å². The molecule has 0 bridgehead atoms. The minimum atomic E-state index is -0.412. The molecule has 0 unspecified atom stereocenters. The number of nitrogens with zero attached hydrogens (tertiary/aromatic N) is 3. The molecule has 0 fully saturated rings. The Morgan fingerprint density at radius 1 is 1.21 bits per heavy atom. The number of aliphatic imine (C=N–C) groups is 1. The van der Waals surface area contributed by atoms with Crippen LogP contribution >= 0.6 is 11.8 Å². The van der Waals surface area contributed by atoms with Gasteiger partial charge in [0.2, 0.25) is 5.91 Å². The van der Waals surface area contributed by atoms with Crippen LogP contribution in [0.3, 0.4) is 0 Å². The Balaban J connectivity index is 1.40. The van der Waals surface area contributed by atoms with Crippen LogP contribution in [0.15, 0.2) is 58.6 Å². The smallest absolute Gasteiger partial charge is 0.337 e. The lowest BCUT2D eigenvalue weighted by Crippen LogP contribution is -2.29. The van der Waals surface area contributed by atoms with E-state index in [2.05, 4.69) is 26.2 Å². The highest BCUT2D eigenvalue weighted by Crippen LogP contribution is 2.40. The van der Waals surface area contributed by atoms with E-state index in [-0.39, 0.29) is 17.7 Å². The molecule has 0 spiro atoms. The maximum Gasteiger partial charge on any atom is 0.337 e. The molecule has 1 atom stereocenters. The summed E-state index contributed by atoms with van der Waals surface area (Å²) < 4.78 is 4.66. The fraction of sp³-hybridized carbons (Fsp3) is 0.200. The third kappa shape index (κ3) is 3.63. The highest BCUT2D eigenvalue weighted by Gasteiger charge is 2.32. The number of amides is 1. The molecular formula is C20H18N4O3S. The van der Waals surface area contributed by atoms with Gasteiger partial charge in [-0.15, -0.1) is 0 Å². The minimum absolute atomic E-state index is 0.144. The molecule has 2 aromatic carbocycles. The van der Waals surface area contributed by atoms with Crippen molar-refractivity contribution in [1.82, 2.24) is 5.01 Å². The largest absolute Gasteiger partial charge is 0.465 e. The number of ether oxygens (including phenoxy) is 1. The molecule has 142 valence electrons. The molecule has 0 aliphatic carbocycles. The standard InChI is InChI=1S/C20H18N4O3S/c1-27-19(26)13-6-8-14(9-7-13)22-18(25)12-28-20-23-16-5-3-2-4-15(16)17-10-11-21-24(17)20/h2-9,11,17H,10,12H2,1H3,(H,22,25)/t17-/m1/s1. The number of hydrazone groups is 1. The molecular weight excluding hydrogens is 376 g/mol. The normalized spacial score (nSPS) is 16.8. The molecule has 1 amide bonds. The third-order valence-electron chi connectivity index (χ3n) is 4.46. The molecule has 2 aliphatic rings. The van der Waals surface area contributed by atoms with Crippen LogP contribution in [-0.2, 0) is 9.53 Å². The minimum Gasteiger partial charge on any atom is -0.465 e. The van der Waals surface area contributed by atoms with Crippen molar-refractivity contribution >= 4 is 46.4 Å². The summed E-state index contributed by atoms with van der Waals surface area (Å²) >= 11 is 1.35. The van der Waals surface area contributed by atoms with E-state index in [1.54, 1.807) is 24.3 Å². The number of thioether (sulfide) groups is 1. The number of methoxy groups -OCH3 is 1. The first-order valence-corrected chi connectivity index (χ1v) is 9.74. The average molecular weight is 394 g/mol. The van der Waals surface area contributed by atoms with Gasteiger partial charge in [0.1, 0.15) is 0 Å². The van der Waals surface area contributed by atoms with Gasteiger partial charge < -0.3 is 10.1 Å². The Kier molecular flexibility index (Phi) is 5.12.